The van der Waals surface area contributed by atoms with E-state index in [2.05, 4.69) is 4.98 Å². The number of carbonyl (C=O) groups is 1. The Hall–Kier alpha value is -3.63. The van der Waals surface area contributed by atoms with Crippen LogP contribution in [0.4, 0.5) is 5.69 Å². The zero-order valence-electron chi connectivity index (χ0n) is 21.2. The molecular formula is C27H28ClN5O5. The van der Waals surface area contributed by atoms with Crippen LogP contribution in [0.2, 0.25) is 5.15 Å². The summed E-state index contributed by atoms with van der Waals surface area (Å²) in [7, 11) is 1.58. The highest BCUT2D eigenvalue weighted by Gasteiger charge is 2.31. The molecule has 2 N–H and O–H groups in total. The maximum absolute atomic E-state index is 13.3. The lowest BCUT2D eigenvalue weighted by atomic mass is 9.95. The van der Waals surface area contributed by atoms with Crippen molar-refractivity contribution < 1.29 is 18.7 Å². The van der Waals surface area contributed by atoms with Gasteiger partial charge in [0.15, 0.2) is 22.4 Å². The number of rotatable bonds is 5. The van der Waals surface area contributed by atoms with Crippen LogP contribution in [0.5, 0.6) is 5.75 Å². The molecule has 10 nitrogen and oxygen atoms in total. The third kappa shape index (κ3) is 4.27. The summed E-state index contributed by atoms with van der Waals surface area (Å²) in [5.41, 5.74) is 9.21. The number of carbonyl (C=O) groups excluding carboxylic acids is 1. The molecule has 5 heterocycles. The van der Waals surface area contributed by atoms with Crippen molar-refractivity contribution in [2.24, 2.45) is 12.8 Å². The Morgan fingerprint density at radius 2 is 1.97 bits per heavy atom. The first-order chi connectivity index (χ1) is 18.3. The van der Waals surface area contributed by atoms with E-state index in [4.69, 9.17) is 36.2 Å². The predicted molar refractivity (Wildman–Crippen MR) is 143 cm³/mol. The van der Waals surface area contributed by atoms with Crippen LogP contribution in [0, 0.1) is 6.92 Å². The number of hydrogen-bond donors (Lipinski definition) is 1. The average Bonchev–Trinajstić information content (AvgIpc) is 3.56. The van der Waals surface area contributed by atoms with Crippen LogP contribution in [0.15, 0.2) is 33.5 Å². The second-order valence-electron chi connectivity index (χ2n) is 9.99. The average molecular weight is 538 g/mol. The van der Waals surface area contributed by atoms with Crippen molar-refractivity contribution in [1.29, 1.82) is 0 Å². The number of aryl methyl sites for hydroxylation is 2. The van der Waals surface area contributed by atoms with Gasteiger partial charge in [-0.15, -0.1) is 0 Å². The third-order valence-electron chi connectivity index (χ3n) is 7.41. The van der Waals surface area contributed by atoms with Crippen LogP contribution in [-0.2, 0) is 11.8 Å². The lowest BCUT2D eigenvalue weighted by molar-refractivity contribution is 0.0999. The molecule has 2 fully saturated rings. The number of benzene rings is 1. The zero-order valence-corrected chi connectivity index (χ0v) is 22.0. The van der Waals surface area contributed by atoms with Gasteiger partial charge in [0.25, 0.3) is 11.5 Å². The van der Waals surface area contributed by atoms with Gasteiger partial charge in [0, 0.05) is 38.5 Å². The van der Waals surface area contributed by atoms with E-state index in [1.807, 2.05) is 30.0 Å². The second kappa shape index (κ2) is 9.59. The molecule has 2 aliphatic rings. The standard InChI is InChI=1S/C27H28ClN5O5/c1-14-3-4-19-17(11-14)30-26(38-19)15-5-8-33(9-6-15)23-21(25(29)34)27(35)32(2)18-12-20(24(28)31-22(18)23)37-16-7-10-36-13-16/h3-4,11-12,15-16H,5-10,13H2,1-2H3,(H2,29,34). The Morgan fingerprint density at radius 3 is 2.68 bits per heavy atom. The van der Waals surface area contributed by atoms with E-state index in [1.165, 1.54) is 4.57 Å². The minimum Gasteiger partial charge on any atom is -0.485 e. The number of ether oxygens (including phenoxy) is 2. The number of aromatic nitrogens is 3. The Kier molecular flexibility index (Phi) is 6.23. The van der Waals surface area contributed by atoms with E-state index < -0.39 is 11.5 Å². The molecule has 0 radical (unpaired) electrons. The van der Waals surface area contributed by atoms with Crippen molar-refractivity contribution in [3.8, 4) is 5.75 Å². The molecule has 3 aromatic heterocycles. The third-order valence-corrected chi connectivity index (χ3v) is 7.68. The Labute approximate surface area is 223 Å². The fourth-order valence-corrected chi connectivity index (χ4v) is 5.55. The number of hydrogen-bond acceptors (Lipinski definition) is 8. The van der Waals surface area contributed by atoms with E-state index in [0.717, 1.165) is 35.9 Å². The maximum atomic E-state index is 13.3. The number of fused-ring (bicyclic) bond motifs is 2. The first-order valence-corrected chi connectivity index (χ1v) is 13.1. The molecule has 1 atom stereocenters. The topological polar surface area (TPSA) is 126 Å². The van der Waals surface area contributed by atoms with Crippen molar-refractivity contribution in [3.63, 3.8) is 0 Å². The fraction of sp³-hybridized carbons (Fsp3) is 0.407. The zero-order chi connectivity index (χ0) is 26.6. The maximum Gasteiger partial charge on any atom is 0.265 e. The van der Waals surface area contributed by atoms with Gasteiger partial charge in [0.1, 0.15) is 22.7 Å². The van der Waals surface area contributed by atoms with E-state index in [1.54, 1.807) is 13.1 Å². The SMILES string of the molecule is Cc1ccc2oc(C3CCN(c4c(C(N)=O)c(=O)n(C)c5cc(OC6CCOC6)c(Cl)nc45)CC3)nc2c1. The second-order valence-corrected chi connectivity index (χ2v) is 10.3. The Bertz CT molecular complexity index is 1620. The number of halogens is 1. The molecule has 11 heteroatoms. The lowest BCUT2D eigenvalue weighted by Crippen LogP contribution is -2.38. The first kappa shape index (κ1) is 24.7. The number of primary amides is 1. The van der Waals surface area contributed by atoms with Crippen molar-refractivity contribution in [1.82, 2.24) is 14.5 Å². The smallest absolute Gasteiger partial charge is 0.265 e. The molecule has 38 heavy (non-hydrogen) atoms. The molecule has 1 aromatic carbocycles. The Morgan fingerprint density at radius 1 is 1.18 bits per heavy atom. The number of nitrogens with zero attached hydrogens (tertiary/aromatic N) is 4. The van der Waals surface area contributed by atoms with Crippen LogP contribution >= 0.6 is 11.6 Å². The van der Waals surface area contributed by atoms with Crippen molar-refractivity contribution in [2.75, 3.05) is 31.2 Å². The number of pyridine rings is 2. The summed E-state index contributed by atoms with van der Waals surface area (Å²) in [6.07, 6.45) is 2.05. The van der Waals surface area contributed by atoms with Crippen LogP contribution in [-0.4, -0.2) is 52.8 Å². The van der Waals surface area contributed by atoms with Crippen molar-refractivity contribution >= 4 is 45.3 Å². The minimum absolute atomic E-state index is 0.0998. The van der Waals surface area contributed by atoms with Gasteiger partial charge in [-0.3, -0.25) is 9.59 Å². The number of nitrogens with two attached hydrogens (primary N) is 1. The van der Waals surface area contributed by atoms with E-state index in [9.17, 15) is 9.59 Å². The van der Waals surface area contributed by atoms with Gasteiger partial charge in [-0.1, -0.05) is 17.7 Å². The molecular weight excluding hydrogens is 510 g/mol. The highest BCUT2D eigenvalue weighted by molar-refractivity contribution is 6.31. The van der Waals surface area contributed by atoms with E-state index in [0.29, 0.717) is 54.7 Å². The monoisotopic (exact) mass is 537 g/mol. The van der Waals surface area contributed by atoms with Crippen LogP contribution in [0.3, 0.4) is 0 Å². The molecule has 2 saturated heterocycles. The summed E-state index contributed by atoms with van der Waals surface area (Å²) in [5, 5.41) is 0.149. The quantitative estimate of drug-likeness (QED) is 0.382. The number of anilines is 1. The largest absolute Gasteiger partial charge is 0.485 e. The van der Waals surface area contributed by atoms with Crippen LogP contribution in [0.1, 0.15) is 47.0 Å². The molecule has 1 amide bonds. The van der Waals surface area contributed by atoms with Crippen LogP contribution < -0.4 is 20.9 Å². The van der Waals surface area contributed by atoms with Gasteiger partial charge in [0.05, 0.1) is 24.4 Å². The molecule has 198 valence electrons. The fourth-order valence-electron chi connectivity index (χ4n) is 5.37. The van der Waals surface area contributed by atoms with Gasteiger partial charge in [-0.2, -0.15) is 0 Å². The minimum atomic E-state index is -0.805. The summed E-state index contributed by atoms with van der Waals surface area (Å²) in [5.74, 6) is 0.375. The van der Waals surface area contributed by atoms with Gasteiger partial charge in [0.2, 0.25) is 0 Å². The number of amides is 1. The Balaban J connectivity index is 1.36. The van der Waals surface area contributed by atoms with Crippen molar-refractivity contribution in [2.45, 2.75) is 38.2 Å². The number of oxazole rings is 1. The molecule has 1 unspecified atom stereocenters. The predicted octanol–water partition coefficient (Wildman–Crippen LogP) is 3.69. The molecule has 0 spiro atoms. The van der Waals surface area contributed by atoms with Crippen LogP contribution in [0.25, 0.3) is 22.1 Å². The molecule has 2 aliphatic heterocycles. The molecule has 6 rings (SSSR count). The van der Waals surface area contributed by atoms with Crippen molar-refractivity contribution in [3.05, 3.63) is 56.8 Å². The first-order valence-electron chi connectivity index (χ1n) is 12.7. The van der Waals surface area contributed by atoms with E-state index >= 15 is 0 Å². The summed E-state index contributed by atoms with van der Waals surface area (Å²) in [6.45, 7) is 4.22. The molecule has 0 bridgehead atoms. The highest BCUT2D eigenvalue weighted by Crippen LogP contribution is 2.37. The molecule has 4 aromatic rings. The van der Waals surface area contributed by atoms with Gasteiger partial charge in [-0.25, -0.2) is 9.97 Å². The normalized spacial score (nSPS) is 18.5. The van der Waals surface area contributed by atoms with Gasteiger partial charge >= 0.3 is 0 Å². The number of piperidine rings is 1. The highest BCUT2D eigenvalue weighted by atomic mass is 35.5. The lowest BCUT2D eigenvalue weighted by Gasteiger charge is -2.34. The summed E-state index contributed by atoms with van der Waals surface area (Å²) in [4.78, 5) is 37.2. The van der Waals surface area contributed by atoms with Gasteiger partial charge < -0.3 is 29.1 Å². The van der Waals surface area contributed by atoms with Gasteiger partial charge in [-0.05, 0) is 37.5 Å². The summed E-state index contributed by atoms with van der Waals surface area (Å²) >= 11 is 6.55. The molecule has 0 saturated carbocycles. The summed E-state index contributed by atoms with van der Waals surface area (Å²) in [6, 6.07) is 7.65. The summed E-state index contributed by atoms with van der Waals surface area (Å²) < 4.78 is 18.8. The van der Waals surface area contributed by atoms with E-state index in [-0.39, 0.29) is 22.7 Å². The molecule has 0 aliphatic carbocycles.